The van der Waals surface area contributed by atoms with Gasteiger partial charge in [-0.3, -0.25) is 0 Å². The Labute approximate surface area is 100 Å². The molecule has 0 aromatic rings. The van der Waals surface area contributed by atoms with Crippen LogP contribution in [0.2, 0.25) is 0 Å². The van der Waals surface area contributed by atoms with E-state index in [0.29, 0.717) is 18.0 Å². The number of hydrogen-bond donors (Lipinski definition) is 2. The van der Waals surface area contributed by atoms with Crippen molar-refractivity contribution in [2.75, 3.05) is 19.8 Å². The maximum absolute atomic E-state index is 5.95. The van der Waals surface area contributed by atoms with Crippen LogP contribution in [0.5, 0.6) is 0 Å². The van der Waals surface area contributed by atoms with E-state index in [2.05, 4.69) is 19.2 Å². The van der Waals surface area contributed by atoms with E-state index in [1.54, 1.807) is 0 Å². The van der Waals surface area contributed by atoms with Crippen molar-refractivity contribution in [3.63, 3.8) is 0 Å². The van der Waals surface area contributed by atoms with Crippen molar-refractivity contribution in [3.8, 4) is 0 Å². The second kappa shape index (κ2) is 8.04. The van der Waals surface area contributed by atoms with Crippen LogP contribution in [-0.4, -0.2) is 31.8 Å². The minimum Gasteiger partial charge on any atom is -0.381 e. The van der Waals surface area contributed by atoms with Crippen molar-refractivity contribution in [1.82, 2.24) is 5.32 Å². The predicted octanol–water partition coefficient (Wildman–Crippen LogP) is 1.91. The highest BCUT2D eigenvalue weighted by atomic mass is 16.5. The van der Waals surface area contributed by atoms with Crippen LogP contribution in [-0.2, 0) is 4.74 Å². The third-order valence-electron chi connectivity index (χ3n) is 3.06. The van der Waals surface area contributed by atoms with Crippen LogP contribution in [0, 0.1) is 5.92 Å². The maximum Gasteiger partial charge on any atom is 0.0489 e. The van der Waals surface area contributed by atoms with Crippen LogP contribution in [0.1, 0.15) is 46.0 Å². The largest absolute Gasteiger partial charge is 0.381 e. The Bertz CT molecular complexity index is 173. The summed E-state index contributed by atoms with van der Waals surface area (Å²) in [7, 11) is 0. The lowest BCUT2D eigenvalue weighted by Gasteiger charge is -2.27. The van der Waals surface area contributed by atoms with Gasteiger partial charge in [0.2, 0.25) is 0 Å². The Kier molecular flexibility index (Phi) is 7.01. The second-order valence-electron chi connectivity index (χ2n) is 5.40. The van der Waals surface area contributed by atoms with Gasteiger partial charge in [-0.1, -0.05) is 20.3 Å². The van der Waals surface area contributed by atoms with Gasteiger partial charge in [0.05, 0.1) is 0 Å². The summed E-state index contributed by atoms with van der Waals surface area (Å²) in [6.45, 7) is 7.19. The summed E-state index contributed by atoms with van der Waals surface area (Å²) < 4.78 is 5.54. The minimum absolute atomic E-state index is 0.420. The first-order valence-electron chi connectivity index (χ1n) is 6.75. The molecule has 0 aromatic carbocycles. The summed E-state index contributed by atoms with van der Waals surface area (Å²) in [6.07, 6.45) is 6.03. The van der Waals surface area contributed by atoms with Gasteiger partial charge in [0.1, 0.15) is 0 Å². The maximum atomic E-state index is 5.95. The Hall–Kier alpha value is -0.120. The lowest BCUT2D eigenvalue weighted by molar-refractivity contribution is 0.107. The first-order valence-corrected chi connectivity index (χ1v) is 6.75. The molecule has 1 rings (SSSR count). The quantitative estimate of drug-likeness (QED) is 0.654. The molecule has 2 unspecified atom stereocenters. The standard InChI is InChI=1S/C13H28N2O/c1-11(2)10-16-8-4-7-15-13-6-3-5-12(14)9-13/h11-13,15H,3-10,14H2,1-2H3. The SMILES string of the molecule is CC(C)COCCCNC1CCCC(N)C1. The van der Waals surface area contributed by atoms with Gasteiger partial charge in [0.25, 0.3) is 0 Å². The molecule has 0 amide bonds. The average Bonchev–Trinajstić information content (AvgIpc) is 2.23. The third-order valence-corrected chi connectivity index (χ3v) is 3.06. The van der Waals surface area contributed by atoms with Crippen molar-refractivity contribution in [2.24, 2.45) is 11.7 Å². The van der Waals surface area contributed by atoms with Crippen molar-refractivity contribution in [2.45, 2.75) is 58.0 Å². The number of ether oxygens (including phenoxy) is 1. The van der Waals surface area contributed by atoms with Gasteiger partial charge < -0.3 is 15.8 Å². The van der Waals surface area contributed by atoms with Gasteiger partial charge in [-0.25, -0.2) is 0 Å². The number of nitrogens with two attached hydrogens (primary N) is 1. The molecule has 96 valence electrons. The van der Waals surface area contributed by atoms with Crippen LogP contribution in [0.4, 0.5) is 0 Å². The van der Waals surface area contributed by atoms with E-state index < -0.39 is 0 Å². The zero-order valence-electron chi connectivity index (χ0n) is 10.9. The summed E-state index contributed by atoms with van der Waals surface area (Å²) in [5, 5.41) is 3.58. The molecular weight excluding hydrogens is 200 g/mol. The Morgan fingerprint density at radius 3 is 2.88 bits per heavy atom. The lowest BCUT2D eigenvalue weighted by Crippen LogP contribution is -2.39. The van der Waals surface area contributed by atoms with E-state index in [0.717, 1.165) is 32.6 Å². The van der Waals surface area contributed by atoms with Gasteiger partial charge in [-0.2, -0.15) is 0 Å². The molecule has 0 saturated heterocycles. The average molecular weight is 228 g/mol. The Morgan fingerprint density at radius 2 is 2.19 bits per heavy atom. The highest BCUT2D eigenvalue weighted by Crippen LogP contribution is 2.16. The summed E-state index contributed by atoms with van der Waals surface area (Å²) >= 11 is 0. The number of hydrogen-bond acceptors (Lipinski definition) is 3. The highest BCUT2D eigenvalue weighted by Gasteiger charge is 2.17. The van der Waals surface area contributed by atoms with Crippen LogP contribution >= 0.6 is 0 Å². The Morgan fingerprint density at radius 1 is 1.38 bits per heavy atom. The van der Waals surface area contributed by atoms with Crippen LogP contribution in [0.25, 0.3) is 0 Å². The normalized spacial score (nSPS) is 26.2. The molecule has 16 heavy (non-hydrogen) atoms. The van der Waals surface area contributed by atoms with E-state index in [-0.39, 0.29) is 0 Å². The van der Waals surface area contributed by atoms with Crippen molar-refractivity contribution in [3.05, 3.63) is 0 Å². The van der Waals surface area contributed by atoms with Crippen molar-refractivity contribution >= 4 is 0 Å². The zero-order chi connectivity index (χ0) is 11.8. The molecule has 0 bridgehead atoms. The third kappa shape index (κ3) is 6.46. The van der Waals surface area contributed by atoms with Gasteiger partial charge in [-0.05, 0) is 38.1 Å². The fourth-order valence-electron chi connectivity index (χ4n) is 2.21. The lowest BCUT2D eigenvalue weighted by atomic mass is 9.91. The molecule has 1 fully saturated rings. The molecule has 0 spiro atoms. The summed E-state index contributed by atoms with van der Waals surface area (Å²) in [5.41, 5.74) is 5.95. The van der Waals surface area contributed by atoms with Gasteiger partial charge >= 0.3 is 0 Å². The van der Waals surface area contributed by atoms with E-state index in [1.807, 2.05) is 0 Å². The van der Waals surface area contributed by atoms with Gasteiger partial charge in [-0.15, -0.1) is 0 Å². The molecule has 0 aliphatic heterocycles. The summed E-state index contributed by atoms with van der Waals surface area (Å²) in [5.74, 6) is 0.643. The molecule has 0 aromatic heterocycles. The van der Waals surface area contributed by atoms with E-state index >= 15 is 0 Å². The van der Waals surface area contributed by atoms with Crippen LogP contribution in [0.3, 0.4) is 0 Å². The topological polar surface area (TPSA) is 47.3 Å². The summed E-state index contributed by atoms with van der Waals surface area (Å²) in [4.78, 5) is 0. The molecule has 0 radical (unpaired) electrons. The fourth-order valence-corrected chi connectivity index (χ4v) is 2.21. The molecular formula is C13H28N2O. The molecule has 3 N–H and O–H groups in total. The zero-order valence-corrected chi connectivity index (χ0v) is 10.9. The number of nitrogens with one attached hydrogen (secondary N) is 1. The smallest absolute Gasteiger partial charge is 0.0489 e. The molecule has 3 heteroatoms. The predicted molar refractivity (Wildman–Crippen MR) is 68.5 cm³/mol. The fraction of sp³-hybridized carbons (Fsp3) is 1.00. The number of rotatable bonds is 7. The summed E-state index contributed by atoms with van der Waals surface area (Å²) in [6, 6.07) is 1.07. The van der Waals surface area contributed by atoms with E-state index in [4.69, 9.17) is 10.5 Å². The second-order valence-corrected chi connectivity index (χ2v) is 5.40. The van der Waals surface area contributed by atoms with Crippen molar-refractivity contribution in [1.29, 1.82) is 0 Å². The van der Waals surface area contributed by atoms with Crippen LogP contribution in [0.15, 0.2) is 0 Å². The molecule has 1 aliphatic carbocycles. The van der Waals surface area contributed by atoms with E-state index in [1.165, 1.54) is 19.3 Å². The van der Waals surface area contributed by atoms with Crippen LogP contribution < -0.4 is 11.1 Å². The highest BCUT2D eigenvalue weighted by molar-refractivity contribution is 4.79. The van der Waals surface area contributed by atoms with Gasteiger partial charge in [0.15, 0.2) is 0 Å². The molecule has 0 heterocycles. The Balaban J connectivity index is 1.90. The molecule has 2 atom stereocenters. The monoisotopic (exact) mass is 228 g/mol. The van der Waals surface area contributed by atoms with Crippen molar-refractivity contribution < 1.29 is 4.74 Å². The van der Waals surface area contributed by atoms with E-state index in [9.17, 15) is 0 Å². The first-order chi connectivity index (χ1) is 7.68. The first kappa shape index (κ1) is 13.9. The molecule has 3 nitrogen and oxygen atoms in total. The minimum atomic E-state index is 0.420. The molecule has 1 saturated carbocycles. The van der Waals surface area contributed by atoms with Gasteiger partial charge in [0, 0.05) is 25.3 Å². The molecule has 1 aliphatic rings.